The lowest BCUT2D eigenvalue weighted by atomic mass is 9.88. The summed E-state index contributed by atoms with van der Waals surface area (Å²) in [5.74, 6) is -0.833. The molecule has 2 fully saturated rings. The number of rotatable bonds is 10. The number of epoxide rings is 1. The molecule has 0 aromatic carbocycles. The summed E-state index contributed by atoms with van der Waals surface area (Å²) in [6, 6.07) is 0. The molecule has 11 heteroatoms. The number of carbonyl (C=O) groups is 2. The molecule has 11 nitrogen and oxygen atoms in total. The van der Waals surface area contributed by atoms with Gasteiger partial charge in [-0.1, -0.05) is 45.1 Å². The van der Waals surface area contributed by atoms with Gasteiger partial charge in [-0.25, -0.2) is 4.79 Å². The maximum absolute atomic E-state index is 13.2. The molecule has 3 rings (SSSR count). The zero-order valence-electron chi connectivity index (χ0n) is 29.1. The third-order valence-electron chi connectivity index (χ3n) is 9.80. The number of allylic oxidation sites excluding steroid dienone is 2. The number of aliphatic hydroxyl groups is 3. The summed E-state index contributed by atoms with van der Waals surface area (Å²) < 4.78 is 23.6. The Kier molecular flexibility index (Phi) is 13.9. The zero-order chi connectivity index (χ0) is 34.2. The van der Waals surface area contributed by atoms with Crippen molar-refractivity contribution in [2.75, 3.05) is 40.3 Å². The van der Waals surface area contributed by atoms with Crippen molar-refractivity contribution in [2.24, 2.45) is 11.8 Å². The number of aliphatic hydroxyl groups excluding tert-OH is 2. The standard InChI is InChI=1S/C35H58N2O9/c1-9-27(39)25(4)32-28(44-32)22-34(5,42)15-10-11-23(2)31-24(3)12-13-29(45-33(41)37-19-17-36(7)18-20-37)35(6,43-8)16-14-26(38)21-30(40)46-31/h10-13,15,24-29,31-32,38-39,42H,9,14,16-22H2,1-8H3/b13-12-,15-10+,23-11+. The van der Waals surface area contributed by atoms with Crippen molar-refractivity contribution in [3.8, 4) is 0 Å². The Morgan fingerprint density at radius 3 is 2.57 bits per heavy atom. The summed E-state index contributed by atoms with van der Waals surface area (Å²) in [7, 11) is 3.58. The summed E-state index contributed by atoms with van der Waals surface area (Å²) in [4.78, 5) is 29.9. The SMILES string of the molecule is CCC(O)C(C)C1OC1CC(C)(O)/C=C/C=C(\C)C1OC(=O)CC(O)CCC(C)(OC)C(OC(=O)N2CCN(C)CC2)/C=C\C1C. The average Bonchev–Trinajstić information content (AvgIpc) is 3.77. The van der Waals surface area contributed by atoms with Gasteiger partial charge in [0, 0.05) is 51.5 Å². The second-order valence-corrected chi connectivity index (χ2v) is 14.0. The van der Waals surface area contributed by atoms with Crippen LogP contribution >= 0.6 is 0 Å². The van der Waals surface area contributed by atoms with Crippen molar-refractivity contribution in [2.45, 2.75) is 121 Å². The number of methoxy groups -OCH3 is 1. The molecule has 0 aromatic rings. The second kappa shape index (κ2) is 16.7. The number of nitrogens with zero attached hydrogens (tertiary/aromatic N) is 2. The predicted molar refractivity (Wildman–Crippen MR) is 175 cm³/mol. The molecule has 3 aliphatic heterocycles. The van der Waals surface area contributed by atoms with Crippen molar-refractivity contribution in [1.82, 2.24) is 9.80 Å². The van der Waals surface area contributed by atoms with Crippen molar-refractivity contribution < 1.29 is 43.9 Å². The Morgan fingerprint density at radius 1 is 1.26 bits per heavy atom. The van der Waals surface area contributed by atoms with E-state index in [-0.39, 0.29) is 36.9 Å². The summed E-state index contributed by atoms with van der Waals surface area (Å²) in [6.45, 7) is 13.9. The molecule has 10 atom stereocenters. The van der Waals surface area contributed by atoms with E-state index >= 15 is 0 Å². The van der Waals surface area contributed by atoms with Crippen LogP contribution in [0.15, 0.2) is 36.0 Å². The van der Waals surface area contributed by atoms with Crippen LogP contribution in [0.4, 0.5) is 4.79 Å². The minimum Gasteiger partial charge on any atom is -0.457 e. The van der Waals surface area contributed by atoms with Crippen LogP contribution in [0.2, 0.25) is 0 Å². The molecule has 262 valence electrons. The first-order valence-corrected chi connectivity index (χ1v) is 16.8. The van der Waals surface area contributed by atoms with Crippen LogP contribution in [0, 0.1) is 11.8 Å². The highest BCUT2D eigenvalue weighted by Gasteiger charge is 2.47. The lowest BCUT2D eigenvalue weighted by Crippen LogP contribution is -2.50. The van der Waals surface area contributed by atoms with Gasteiger partial charge in [-0.15, -0.1) is 0 Å². The highest BCUT2D eigenvalue weighted by atomic mass is 16.6. The van der Waals surface area contributed by atoms with Crippen molar-refractivity contribution >= 4 is 12.1 Å². The maximum atomic E-state index is 13.2. The molecule has 1 amide bonds. The molecule has 0 bridgehead atoms. The van der Waals surface area contributed by atoms with Crippen molar-refractivity contribution in [3.05, 3.63) is 36.0 Å². The van der Waals surface area contributed by atoms with Crippen LogP contribution in [0.25, 0.3) is 0 Å². The van der Waals surface area contributed by atoms with E-state index in [9.17, 15) is 24.9 Å². The van der Waals surface area contributed by atoms with Crippen LogP contribution in [-0.2, 0) is 23.7 Å². The minimum atomic E-state index is -1.14. The van der Waals surface area contributed by atoms with E-state index < -0.39 is 47.7 Å². The second-order valence-electron chi connectivity index (χ2n) is 14.0. The summed E-state index contributed by atoms with van der Waals surface area (Å²) in [6.07, 6.45) is 6.98. The van der Waals surface area contributed by atoms with E-state index in [1.54, 1.807) is 43.2 Å². The van der Waals surface area contributed by atoms with Crippen LogP contribution in [0.1, 0.15) is 73.6 Å². The largest absolute Gasteiger partial charge is 0.457 e. The van der Waals surface area contributed by atoms with Gasteiger partial charge in [0.1, 0.15) is 11.7 Å². The van der Waals surface area contributed by atoms with Gasteiger partial charge in [0.15, 0.2) is 6.10 Å². The van der Waals surface area contributed by atoms with Crippen LogP contribution in [0.5, 0.6) is 0 Å². The fraction of sp³-hybridized carbons (Fsp3) is 0.771. The monoisotopic (exact) mass is 650 g/mol. The van der Waals surface area contributed by atoms with Crippen molar-refractivity contribution in [3.63, 3.8) is 0 Å². The van der Waals surface area contributed by atoms with Gasteiger partial charge in [0.05, 0.1) is 36.4 Å². The van der Waals surface area contributed by atoms with E-state index in [0.717, 1.165) is 18.7 Å². The highest BCUT2D eigenvalue weighted by Crippen LogP contribution is 2.37. The van der Waals surface area contributed by atoms with Crippen LogP contribution in [0.3, 0.4) is 0 Å². The number of amides is 1. The Morgan fingerprint density at radius 2 is 1.93 bits per heavy atom. The third-order valence-corrected chi connectivity index (χ3v) is 9.80. The number of ether oxygens (including phenoxy) is 4. The fourth-order valence-electron chi connectivity index (χ4n) is 6.18. The topological polar surface area (TPSA) is 142 Å². The van der Waals surface area contributed by atoms with Gasteiger partial charge in [-0.3, -0.25) is 4.79 Å². The maximum Gasteiger partial charge on any atom is 0.410 e. The number of cyclic esters (lactones) is 1. The first-order valence-electron chi connectivity index (χ1n) is 16.8. The molecule has 3 N–H and O–H groups in total. The lowest BCUT2D eigenvalue weighted by Gasteiger charge is -2.38. The molecule has 10 unspecified atom stereocenters. The summed E-state index contributed by atoms with van der Waals surface area (Å²) in [5.41, 5.74) is -1.34. The summed E-state index contributed by atoms with van der Waals surface area (Å²) >= 11 is 0. The van der Waals surface area contributed by atoms with Gasteiger partial charge >= 0.3 is 12.1 Å². The molecule has 0 aliphatic carbocycles. The van der Waals surface area contributed by atoms with E-state index in [0.29, 0.717) is 32.4 Å². The van der Waals surface area contributed by atoms with Gasteiger partial charge < -0.3 is 44.1 Å². The van der Waals surface area contributed by atoms with Crippen molar-refractivity contribution in [1.29, 1.82) is 0 Å². The zero-order valence-corrected chi connectivity index (χ0v) is 29.1. The fourth-order valence-corrected chi connectivity index (χ4v) is 6.18. The smallest absolute Gasteiger partial charge is 0.410 e. The first-order chi connectivity index (χ1) is 21.6. The first kappa shape index (κ1) is 38.2. The molecular formula is C35H58N2O9. The molecule has 0 radical (unpaired) electrons. The Hall–Kier alpha value is -2.28. The molecule has 0 spiro atoms. The number of carbonyl (C=O) groups excluding carboxylic acids is 2. The number of likely N-dealkylation sites (N-methyl/N-ethyl adjacent to an activating group) is 1. The quantitative estimate of drug-likeness (QED) is 0.139. The number of esters is 1. The molecule has 2 saturated heterocycles. The van der Waals surface area contributed by atoms with E-state index in [1.807, 2.05) is 47.7 Å². The molecule has 3 aliphatic rings. The molecular weight excluding hydrogens is 592 g/mol. The molecule has 46 heavy (non-hydrogen) atoms. The van der Waals surface area contributed by atoms with Crippen LogP contribution < -0.4 is 0 Å². The van der Waals surface area contributed by atoms with Crippen LogP contribution in [-0.4, -0.2) is 125 Å². The Bertz CT molecular complexity index is 1100. The average molecular weight is 651 g/mol. The number of hydrogen-bond acceptors (Lipinski definition) is 10. The number of hydrogen-bond donors (Lipinski definition) is 3. The van der Waals surface area contributed by atoms with Gasteiger partial charge in [-0.2, -0.15) is 0 Å². The molecule has 0 saturated carbocycles. The normalized spacial score (nSPS) is 35.3. The molecule has 0 aromatic heterocycles. The van der Waals surface area contributed by atoms with Gasteiger partial charge in [0.2, 0.25) is 0 Å². The van der Waals surface area contributed by atoms with E-state index in [4.69, 9.17) is 18.9 Å². The predicted octanol–water partition coefficient (Wildman–Crippen LogP) is 3.61. The van der Waals surface area contributed by atoms with Gasteiger partial charge in [-0.05, 0) is 58.7 Å². The third kappa shape index (κ3) is 10.9. The van der Waals surface area contributed by atoms with E-state index in [2.05, 4.69) is 4.90 Å². The highest BCUT2D eigenvalue weighted by molar-refractivity contribution is 5.70. The minimum absolute atomic E-state index is 0.00239. The number of piperazine rings is 1. The summed E-state index contributed by atoms with van der Waals surface area (Å²) in [5, 5.41) is 31.9. The van der Waals surface area contributed by atoms with Gasteiger partial charge in [0.25, 0.3) is 0 Å². The van der Waals surface area contributed by atoms with E-state index in [1.165, 1.54) is 0 Å². The molecule has 3 heterocycles. The Labute approximate surface area is 275 Å². The lowest BCUT2D eigenvalue weighted by molar-refractivity contribution is -0.151. The Balaban J connectivity index is 1.77.